The van der Waals surface area contributed by atoms with E-state index in [4.69, 9.17) is 4.98 Å². The number of hydrogen-bond donors (Lipinski definition) is 0. The Morgan fingerprint density at radius 3 is 2.41 bits per heavy atom. The number of aromatic nitrogens is 5. The summed E-state index contributed by atoms with van der Waals surface area (Å²) in [5.41, 5.74) is 4.94. The largest absolute Gasteiger partial charge is 0.305 e. The molecule has 2 aromatic carbocycles. The Labute approximate surface area is 186 Å². The van der Waals surface area contributed by atoms with Crippen molar-refractivity contribution in [1.82, 2.24) is 24.5 Å². The van der Waals surface area contributed by atoms with Crippen LogP contribution in [0.1, 0.15) is 0 Å². The molecule has 0 aliphatic carbocycles. The van der Waals surface area contributed by atoms with Gasteiger partial charge in [-0.2, -0.15) is 0 Å². The van der Waals surface area contributed by atoms with Gasteiger partial charge in [0.25, 0.3) is 0 Å². The Kier molecular flexibility index (Phi) is 3.65. The molecule has 5 nitrogen and oxygen atoms in total. The molecule has 0 fully saturated rings. The van der Waals surface area contributed by atoms with E-state index in [0.29, 0.717) is 5.82 Å². The number of rotatable bonds is 2. The molecule has 6 heteroatoms. The second-order valence-corrected chi connectivity index (χ2v) is 8.76. The summed E-state index contributed by atoms with van der Waals surface area (Å²) in [6.45, 7) is 0. The molecule has 5 aromatic heterocycles. The highest BCUT2D eigenvalue weighted by molar-refractivity contribution is 7.25. The van der Waals surface area contributed by atoms with E-state index in [1.807, 2.05) is 48.1 Å². The lowest BCUT2D eigenvalue weighted by Gasteiger charge is -2.07. The molecular formula is C26H15N5S. The van der Waals surface area contributed by atoms with Crippen molar-refractivity contribution in [3.05, 3.63) is 91.6 Å². The number of hydrogen-bond acceptors (Lipinski definition) is 5. The van der Waals surface area contributed by atoms with Crippen LogP contribution in [0.4, 0.5) is 0 Å². The van der Waals surface area contributed by atoms with Crippen LogP contribution in [0.5, 0.6) is 0 Å². The summed E-state index contributed by atoms with van der Waals surface area (Å²) in [5.74, 6) is 0.660. The maximum absolute atomic E-state index is 4.73. The average molecular weight is 430 g/mol. The van der Waals surface area contributed by atoms with Crippen molar-refractivity contribution < 1.29 is 0 Å². The minimum Gasteiger partial charge on any atom is -0.305 e. The van der Waals surface area contributed by atoms with Gasteiger partial charge >= 0.3 is 0 Å². The third-order valence-electron chi connectivity index (χ3n) is 5.83. The minimum atomic E-state index is 0.660. The van der Waals surface area contributed by atoms with E-state index in [2.05, 4.69) is 62.0 Å². The van der Waals surface area contributed by atoms with Gasteiger partial charge in [0.1, 0.15) is 0 Å². The Morgan fingerprint density at radius 2 is 1.53 bits per heavy atom. The number of benzene rings is 2. The third-order valence-corrected chi connectivity index (χ3v) is 6.97. The quantitative estimate of drug-likeness (QED) is 0.319. The molecule has 0 aliphatic heterocycles. The summed E-state index contributed by atoms with van der Waals surface area (Å²) >= 11 is 1.82. The lowest BCUT2D eigenvalue weighted by atomic mass is 10.1. The number of fused-ring (bicyclic) bond motifs is 6. The van der Waals surface area contributed by atoms with E-state index >= 15 is 0 Å². The highest BCUT2D eigenvalue weighted by Crippen LogP contribution is 2.39. The zero-order valence-corrected chi connectivity index (χ0v) is 17.6. The SMILES string of the molecule is c1cncc(-c2ncc(-n3c4cc5sc6ccccc6c5cc4c4ncccc43)cn2)c1. The van der Waals surface area contributed by atoms with Crippen molar-refractivity contribution in [2.45, 2.75) is 0 Å². The zero-order valence-electron chi connectivity index (χ0n) is 16.8. The monoisotopic (exact) mass is 429 g/mol. The van der Waals surface area contributed by atoms with Crippen molar-refractivity contribution in [3.63, 3.8) is 0 Å². The molecule has 0 saturated carbocycles. The van der Waals surface area contributed by atoms with E-state index < -0.39 is 0 Å². The van der Waals surface area contributed by atoms with Gasteiger partial charge in [0.05, 0.1) is 34.6 Å². The average Bonchev–Trinajstić information content (AvgIpc) is 3.38. The first kappa shape index (κ1) is 17.5. The number of pyridine rings is 2. The van der Waals surface area contributed by atoms with Gasteiger partial charge < -0.3 is 4.57 Å². The molecule has 0 unspecified atom stereocenters. The van der Waals surface area contributed by atoms with Gasteiger partial charge in [0, 0.05) is 49.7 Å². The van der Waals surface area contributed by atoms with Crippen LogP contribution in [-0.2, 0) is 0 Å². The normalized spacial score (nSPS) is 11.8. The summed E-state index contributed by atoms with van der Waals surface area (Å²) in [4.78, 5) is 18.1. The lowest BCUT2D eigenvalue weighted by Crippen LogP contribution is -1.98. The molecule has 0 atom stereocenters. The van der Waals surface area contributed by atoms with E-state index in [0.717, 1.165) is 33.2 Å². The molecule has 0 bridgehead atoms. The summed E-state index contributed by atoms with van der Waals surface area (Å²) in [6.07, 6.45) is 9.12. The number of thiophene rings is 1. The molecule has 150 valence electrons. The molecular weight excluding hydrogens is 414 g/mol. The van der Waals surface area contributed by atoms with Crippen LogP contribution in [-0.4, -0.2) is 24.5 Å². The van der Waals surface area contributed by atoms with Crippen molar-refractivity contribution in [2.75, 3.05) is 0 Å². The van der Waals surface area contributed by atoms with E-state index in [1.54, 1.807) is 12.4 Å². The second-order valence-electron chi connectivity index (χ2n) is 7.68. The molecule has 0 spiro atoms. The van der Waals surface area contributed by atoms with Gasteiger partial charge in [-0.15, -0.1) is 11.3 Å². The van der Waals surface area contributed by atoms with Crippen molar-refractivity contribution in [1.29, 1.82) is 0 Å². The molecule has 7 aromatic rings. The first-order valence-corrected chi connectivity index (χ1v) is 11.1. The maximum atomic E-state index is 4.73. The minimum absolute atomic E-state index is 0.660. The molecule has 0 amide bonds. The Balaban J connectivity index is 1.51. The van der Waals surface area contributed by atoms with E-state index in [9.17, 15) is 0 Å². The van der Waals surface area contributed by atoms with Crippen molar-refractivity contribution in [3.8, 4) is 17.1 Å². The highest BCUT2D eigenvalue weighted by Gasteiger charge is 2.16. The summed E-state index contributed by atoms with van der Waals surface area (Å²) in [6, 6.07) is 21.0. The topological polar surface area (TPSA) is 56.5 Å². The standard InChI is InChI=1S/C26H15N5S/c1-2-8-23-18(6-1)19-11-20-22(12-24(19)32-23)31(21-7-4-10-28-25(20)21)17-14-29-26(30-15-17)16-5-3-9-27-13-16/h1-15H. The predicted octanol–water partition coefficient (Wildman–Crippen LogP) is 6.40. The Morgan fingerprint density at radius 1 is 0.656 bits per heavy atom. The predicted molar refractivity (Wildman–Crippen MR) is 130 cm³/mol. The lowest BCUT2D eigenvalue weighted by molar-refractivity contribution is 1.08. The van der Waals surface area contributed by atoms with Crippen LogP contribution >= 0.6 is 11.3 Å². The van der Waals surface area contributed by atoms with Crippen LogP contribution in [0.3, 0.4) is 0 Å². The highest BCUT2D eigenvalue weighted by atomic mass is 32.1. The fourth-order valence-electron chi connectivity index (χ4n) is 4.41. The second kappa shape index (κ2) is 6.67. The van der Waals surface area contributed by atoms with Crippen LogP contribution in [0, 0.1) is 0 Å². The first-order chi connectivity index (χ1) is 15.9. The number of nitrogens with zero attached hydrogens (tertiary/aromatic N) is 5. The Hall–Kier alpha value is -4.16. The van der Waals surface area contributed by atoms with E-state index in [1.165, 1.54) is 20.2 Å². The van der Waals surface area contributed by atoms with Crippen LogP contribution < -0.4 is 0 Å². The van der Waals surface area contributed by atoms with Crippen LogP contribution in [0.15, 0.2) is 91.6 Å². The van der Waals surface area contributed by atoms with Gasteiger partial charge in [0.15, 0.2) is 5.82 Å². The Bertz CT molecular complexity index is 1770. The van der Waals surface area contributed by atoms with Gasteiger partial charge in [-0.25, -0.2) is 9.97 Å². The van der Waals surface area contributed by atoms with Crippen LogP contribution in [0.2, 0.25) is 0 Å². The van der Waals surface area contributed by atoms with Gasteiger partial charge in [-0.05, 0) is 42.5 Å². The summed E-state index contributed by atoms with van der Waals surface area (Å²) in [5, 5.41) is 3.69. The summed E-state index contributed by atoms with van der Waals surface area (Å²) in [7, 11) is 0. The van der Waals surface area contributed by atoms with E-state index in [-0.39, 0.29) is 0 Å². The van der Waals surface area contributed by atoms with Crippen molar-refractivity contribution in [2.24, 2.45) is 0 Å². The molecule has 5 heterocycles. The summed E-state index contributed by atoms with van der Waals surface area (Å²) < 4.78 is 4.76. The van der Waals surface area contributed by atoms with Gasteiger partial charge in [-0.1, -0.05) is 18.2 Å². The van der Waals surface area contributed by atoms with Gasteiger partial charge in [-0.3, -0.25) is 9.97 Å². The zero-order chi connectivity index (χ0) is 21.1. The molecule has 32 heavy (non-hydrogen) atoms. The first-order valence-electron chi connectivity index (χ1n) is 10.3. The molecule has 0 radical (unpaired) electrons. The molecule has 0 N–H and O–H groups in total. The smallest absolute Gasteiger partial charge is 0.160 e. The fourth-order valence-corrected chi connectivity index (χ4v) is 5.53. The van der Waals surface area contributed by atoms with Gasteiger partial charge in [0.2, 0.25) is 0 Å². The molecule has 0 aliphatic rings. The maximum Gasteiger partial charge on any atom is 0.160 e. The fraction of sp³-hybridized carbons (Fsp3) is 0. The molecule has 7 rings (SSSR count). The van der Waals surface area contributed by atoms with Crippen molar-refractivity contribution >= 4 is 53.4 Å². The van der Waals surface area contributed by atoms with Crippen LogP contribution in [0.25, 0.3) is 59.2 Å². The molecule has 0 saturated heterocycles. The third kappa shape index (κ3) is 2.50.